The minimum atomic E-state index is -0.229. The molecular weight excluding hydrogens is 1190 g/mol. The van der Waals surface area contributed by atoms with Crippen LogP contribution in [-0.2, 0) is 43.2 Å². The molecule has 536 valence electrons. The standard InChI is InChI=1S/C71H128N14O9/c1-68(2,3)38-19-15-28-56(86)29-18-24-44-74-62(92)36-50-84(51-37-63(93)78-48-27-46-76-58(88)31-17-21-40-70(7,8)9)66-80-65(79-49-35-61(91)77-47-26-45-75-57(87)30-16-20-39-69(4,5)6)81-67(82-66)85-54-52-83(53-55-85)64(94)33-25-32-59(89)72-42-22-13-14-23-43-73-60(90)34-41-71(10,11)12/h34,41H,13-33,35-40,42-55H2,1-12H3,(H,72,89)(H,73,90)(H,74,92)(H,75,87)(H,76,88)(H,77,91)(H,78,93)(H,79,80,81,82)/b41-34+. The zero-order valence-corrected chi connectivity index (χ0v) is 60.5. The molecule has 8 N–H and O–H groups in total. The lowest BCUT2D eigenvalue weighted by Gasteiger charge is -2.35. The van der Waals surface area contributed by atoms with Crippen LogP contribution in [0.15, 0.2) is 12.2 Å². The van der Waals surface area contributed by atoms with E-state index in [1.807, 2.05) is 31.7 Å². The van der Waals surface area contributed by atoms with Crippen molar-refractivity contribution in [2.75, 3.05) is 107 Å². The molecule has 0 unspecified atom stereocenters. The second-order valence-electron chi connectivity index (χ2n) is 30.2. The van der Waals surface area contributed by atoms with Gasteiger partial charge in [-0.3, -0.25) is 43.2 Å². The number of nitrogens with one attached hydrogen (secondary N) is 8. The average molecular weight is 1320 g/mol. The molecule has 1 aromatic rings. The first-order chi connectivity index (χ1) is 44.4. The second-order valence-corrected chi connectivity index (χ2v) is 30.2. The first kappa shape index (κ1) is 83.7. The third-order valence-electron chi connectivity index (χ3n) is 15.9. The fourth-order valence-electron chi connectivity index (χ4n) is 10.2. The first-order valence-corrected chi connectivity index (χ1v) is 35.7. The molecule has 23 heteroatoms. The number of aromatic nitrogens is 3. The number of Topliss-reactive ketones (excluding diaryl/α,β-unsaturated/α-hetero) is 1. The number of allylic oxidation sites excluding steroid dienone is 1. The van der Waals surface area contributed by atoms with Gasteiger partial charge in [0.1, 0.15) is 5.78 Å². The molecule has 2 heterocycles. The van der Waals surface area contributed by atoms with Gasteiger partial charge in [-0.25, -0.2) is 0 Å². The number of anilines is 3. The summed E-state index contributed by atoms with van der Waals surface area (Å²) in [5.74, 6) is 0.0770. The van der Waals surface area contributed by atoms with Gasteiger partial charge in [0, 0.05) is 149 Å². The highest BCUT2D eigenvalue weighted by Gasteiger charge is 2.26. The largest absolute Gasteiger partial charge is 0.356 e. The Kier molecular flexibility index (Phi) is 41.5. The van der Waals surface area contributed by atoms with E-state index >= 15 is 0 Å². The van der Waals surface area contributed by atoms with Crippen LogP contribution in [0.2, 0.25) is 0 Å². The van der Waals surface area contributed by atoms with Gasteiger partial charge in [0.15, 0.2) is 0 Å². The number of rotatable bonds is 49. The van der Waals surface area contributed by atoms with Gasteiger partial charge in [-0.05, 0) is 111 Å². The van der Waals surface area contributed by atoms with Crippen molar-refractivity contribution in [2.24, 2.45) is 21.7 Å². The van der Waals surface area contributed by atoms with Crippen molar-refractivity contribution >= 4 is 70.9 Å². The number of unbranched alkanes of at least 4 members (excludes halogenated alkanes) is 7. The highest BCUT2D eigenvalue weighted by atomic mass is 16.2. The lowest BCUT2D eigenvalue weighted by Crippen LogP contribution is -2.49. The SMILES string of the molecule is CC(C)(C)/C=C/C(=O)NCCCCCCNC(=O)CCCC(=O)N1CCN(c2nc(NCCC(=O)NCCCNC(=O)CCCCC(C)(C)C)nc(N(CCC(=O)NCCCCC(=O)CCCCC(C)(C)C)CCC(=O)NCCCNC(=O)CCCCC(C)(C)C)n2)CC1. The molecule has 94 heavy (non-hydrogen) atoms. The first-order valence-electron chi connectivity index (χ1n) is 35.7. The number of carbonyl (C=O) groups is 9. The molecular formula is C71H128N14O9. The van der Waals surface area contributed by atoms with Gasteiger partial charge in [-0.1, -0.05) is 121 Å². The van der Waals surface area contributed by atoms with Gasteiger partial charge in [0.2, 0.25) is 65.1 Å². The fourth-order valence-corrected chi connectivity index (χ4v) is 10.2. The summed E-state index contributed by atoms with van der Waals surface area (Å²) in [6.45, 7) is 31.1. The van der Waals surface area contributed by atoms with Crippen LogP contribution in [-0.4, -0.2) is 165 Å². The molecule has 8 amide bonds. The van der Waals surface area contributed by atoms with E-state index in [4.69, 9.17) is 15.0 Å². The van der Waals surface area contributed by atoms with Crippen LogP contribution in [0.3, 0.4) is 0 Å². The van der Waals surface area contributed by atoms with E-state index < -0.39 is 0 Å². The molecule has 1 aliphatic rings. The summed E-state index contributed by atoms with van der Waals surface area (Å²) >= 11 is 0. The third-order valence-corrected chi connectivity index (χ3v) is 15.9. The summed E-state index contributed by atoms with van der Waals surface area (Å²) in [6, 6.07) is 0. The predicted molar refractivity (Wildman–Crippen MR) is 377 cm³/mol. The smallest absolute Gasteiger partial charge is 0.243 e. The van der Waals surface area contributed by atoms with E-state index in [1.165, 1.54) is 0 Å². The Balaban J connectivity index is 2.15. The monoisotopic (exact) mass is 1320 g/mol. The zero-order valence-electron chi connectivity index (χ0n) is 60.5. The number of amides is 8. The Bertz CT molecular complexity index is 2380. The van der Waals surface area contributed by atoms with Crippen molar-refractivity contribution in [3.63, 3.8) is 0 Å². The van der Waals surface area contributed by atoms with Crippen LogP contribution >= 0.6 is 0 Å². The third kappa shape index (κ3) is 46.6. The molecule has 0 spiro atoms. The fraction of sp³-hybridized carbons (Fsp3) is 0.803. The summed E-state index contributed by atoms with van der Waals surface area (Å²) in [5.41, 5.74) is 0.653. The minimum absolute atomic E-state index is 0.00291. The number of ketones is 1. The van der Waals surface area contributed by atoms with Crippen molar-refractivity contribution in [1.82, 2.24) is 57.1 Å². The summed E-state index contributed by atoms with van der Waals surface area (Å²) in [6.07, 6.45) is 21.3. The summed E-state index contributed by atoms with van der Waals surface area (Å²) in [4.78, 5) is 136. The van der Waals surface area contributed by atoms with E-state index in [-0.39, 0.29) is 138 Å². The van der Waals surface area contributed by atoms with Gasteiger partial charge in [0.25, 0.3) is 0 Å². The van der Waals surface area contributed by atoms with Crippen molar-refractivity contribution < 1.29 is 43.2 Å². The topological polar surface area (TPSA) is 298 Å². The number of nitrogens with zero attached hydrogens (tertiary/aromatic N) is 6. The van der Waals surface area contributed by atoms with Crippen LogP contribution in [0.25, 0.3) is 0 Å². The molecule has 0 aliphatic carbocycles. The van der Waals surface area contributed by atoms with Gasteiger partial charge in [-0.15, -0.1) is 0 Å². The summed E-state index contributed by atoms with van der Waals surface area (Å²) < 4.78 is 0. The van der Waals surface area contributed by atoms with Crippen LogP contribution in [0, 0.1) is 21.7 Å². The van der Waals surface area contributed by atoms with E-state index in [1.54, 1.807) is 15.9 Å². The second kappa shape index (κ2) is 46.7. The van der Waals surface area contributed by atoms with Gasteiger partial charge in [0.05, 0.1) is 0 Å². The number of hydrogen-bond acceptors (Lipinski definition) is 15. The summed E-state index contributed by atoms with van der Waals surface area (Å²) in [5, 5.41) is 23.9. The maximum absolute atomic E-state index is 13.5. The van der Waals surface area contributed by atoms with Crippen LogP contribution in [0.5, 0.6) is 0 Å². The number of carbonyl (C=O) groups excluding carboxylic acids is 9. The van der Waals surface area contributed by atoms with Crippen LogP contribution < -0.4 is 52.3 Å². The molecule has 1 aromatic heterocycles. The Hall–Kier alpha value is -6.42. The molecule has 0 saturated carbocycles. The molecule has 0 aromatic carbocycles. The van der Waals surface area contributed by atoms with Crippen molar-refractivity contribution in [2.45, 2.75) is 256 Å². The highest BCUT2D eigenvalue weighted by molar-refractivity contribution is 5.87. The van der Waals surface area contributed by atoms with Crippen LogP contribution in [0.4, 0.5) is 17.8 Å². The van der Waals surface area contributed by atoms with Crippen molar-refractivity contribution in [1.29, 1.82) is 0 Å². The highest BCUT2D eigenvalue weighted by Crippen LogP contribution is 2.25. The van der Waals surface area contributed by atoms with E-state index in [9.17, 15) is 43.2 Å². The maximum Gasteiger partial charge on any atom is 0.243 e. The molecule has 0 atom stereocenters. The molecule has 0 bridgehead atoms. The molecule has 1 aliphatic heterocycles. The normalized spacial score (nSPS) is 12.9. The van der Waals surface area contributed by atoms with Gasteiger partial charge in [-0.2, -0.15) is 15.0 Å². The van der Waals surface area contributed by atoms with Gasteiger partial charge >= 0.3 is 0 Å². The van der Waals surface area contributed by atoms with E-state index in [0.717, 1.165) is 83.5 Å². The van der Waals surface area contributed by atoms with Crippen molar-refractivity contribution in [3.8, 4) is 0 Å². The predicted octanol–water partition coefficient (Wildman–Crippen LogP) is 9.39. The Morgan fingerprint density at radius 1 is 0.394 bits per heavy atom. The summed E-state index contributed by atoms with van der Waals surface area (Å²) in [7, 11) is 0. The molecule has 1 fully saturated rings. The number of piperazine rings is 1. The van der Waals surface area contributed by atoms with E-state index in [0.29, 0.717) is 136 Å². The van der Waals surface area contributed by atoms with Crippen molar-refractivity contribution in [3.05, 3.63) is 12.2 Å². The molecule has 2 rings (SSSR count). The Morgan fingerprint density at radius 2 is 0.787 bits per heavy atom. The molecule has 1 saturated heterocycles. The average Bonchev–Trinajstić information content (AvgIpc) is 0.824. The minimum Gasteiger partial charge on any atom is -0.356 e. The Labute approximate surface area is 565 Å². The quantitative estimate of drug-likeness (QED) is 0.0223. The lowest BCUT2D eigenvalue weighted by atomic mass is 9.89. The lowest BCUT2D eigenvalue weighted by molar-refractivity contribution is -0.132. The van der Waals surface area contributed by atoms with E-state index in [2.05, 4.69) is 105 Å². The Morgan fingerprint density at radius 3 is 1.24 bits per heavy atom. The number of hydrogen-bond donors (Lipinski definition) is 8. The zero-order chi connectivity index (χ0) is 69.8. The van der Waals surface area contributed by atoms with Gasteiger partial charge < -0.3 is 57.2 Å². The molecule has 23 nitrogen and oxygen atoms in total. The molecule has 0 radical (unpaired) electrons. The maximum atomic E-state index is 13.5. The van der Waals surface area contributed by atoms with Crippen LogP contribution in [0.1, 0.15) is 256 Å².